The van der Waals surface area contributed by atoms with Crippen LogP contribution in [0.15, 0.2) is 64.9 Å². The van der Waals surface area contributed by atoms with E-state index in [2.05, 4.69) is 20.7 Å². The molecule has 7 nitrogen and oxygen atoms in total. The molecule has 0 radical (unpaired) electrons. The Hall–Kier alpha value is -3.13. The van der Waals surface area contributed by atoms with Gasteiger partial charge in [0, 0.05) is 12.1 Å². The van der Waals surface area contributed by atoms with Gasteiger partial charge in [0.2, 0.25) is 0 Å². The number of thioether (sulfide) groups is 1. The van der Waals surface area contributed by atoms with Gasteiger partial charge in [0.1, 0.15) is 5.75 Å². The third-order valence-electron chi connectivity index (χ3n) is 3.67. The summed E-state index contributed by atoms with van der Waals surface area (Å²) in [4.78, 5) is 12.0. The van der Waals surface area contributed by atoms with Gasteiger partial charge in [0.15, 0.2) is 11.0 Å². The Bertz CT molecular complexity index is 940. The maximum atomic E-state index is 12.0. The van der Waals surface area contributed by atoms with Gasteiger partial charge in [0.05, 0.1) is 12.0 Å². The molecule has 1 heterocycles. The topological polar surface area (TPSA) is 92.4 Å². The highest BCUT2D eigenvalue weighted by atomic mass is 32.2. The highest BCUT2D eigenvalue weighted by Gasteiger charge is 2.14. The lowest BCUT2D eigenvalue weighted by atomic mass is 10.2. The first-order valence-electron chi connectivity index (χ1n) is 8.39. The standard InChI is InChI=1S/C19H19N5O2S/c1-2-24-18(15-8-4-3-5-9-15)22-23-19(24)27-13-17(26)21-20-12-14-7-6-10-16(25)11-14/h3-12,25H,2,13H2,1H3,(H,21,26)/b20-12+. The van der Waals surface area contributed by atoms with Crippen molar-refractivity contribution in [3.8, 4) is 17.1 Å². The molecule has 0 aliphatic heterocycles. The van der Waals surface area contributed by atoms with E-state index in [0.29, 0.717) is 17.3 Å². The Balaban J connectivity index is 1.58. The molecule has 2 aromatic carbocycles. The predicted octanol–water partition coefficient (Wildman–Crippen LogP) is 2.91. The van der Waals surface area contributed by atoms with Gasteiger partial charge in [0.25, 0.3) is 5.91 Å². The van der Waals surface area contributed by atoms with Crippen molar-refractivity contribution in [1.82, 2.24) is 20.2 Å². The van der Waals surface area contributed by atoms with Crippen LogP contribution in [0.1, 0.15) is 12.5 Å². The van der Waals surface area contributed by atoms with Gasteiger partial charge in [-0.15, -0.1) is 10.2 Å². The van der Waals surface area contributed by atoms with E-state index >= 15 is 0 Å². The summed E-state index contributed by atoms with van der Waals surface area (Å²) in [6, 6.07) is 16.4. The summed E-state index contributed by atoms with van der Waals surface area (Å²) in [7, 11) is 0. The normalized spacial score (nSPS) is 11.0. The smallest absolute Gasteiger partial charge is 0.250 e. The minimum atomic E-state index is -0.247. The van der Waals surface area contributed by atoms with E-state index in [1.165, 1.54) is 18.0 Å². The maximum Gasteiger partial charge on any atom is 0.250 e. The minimum Gasteiger partial charge on any atom is -0.508 e. The Morgan fingerprint density at radius 3 is 2.78 bits per heavy atom. The zero-order chi connectivity index (χ0) is 19.1. The first-order chi connectivity index (χ1) is 13.2. The fourth-order valence-electron chi connectivity index (χ4n) is 2.43. The molecule has 0 bridgehead atoms. The van der Waals surface area contributed by atoms with E-state index < -0.39 is 0 Å². The molecule has 1 aromatic heterocycles. The lowest BCUT2D eigenvalue weighted by Crippen LogP contribution is -2.20. The van der Waals surface area contributed by atoms with Gasteiger partial charge in [-0.05, 0) is 24.6 Å². The number of benzene rings is 2. The van der Waals surface area contributed by atoms with Crippen molar-refractivity contribution in [2.45, 2.75) is 18.6 Å². The Morgan fingerprint density at radius 1 is 1.22 bits per heavy atom. The number of hydrogen-bond acceptors (Lipinski definition) is 6. The Kier molecular flexibility index (Phi) is 6.22. The molecule has 3 aromatic rings. The zero-order valence-electron chi connectivity index (χ0n) is 14.7. The van der Waals surface area contributed by atoms with E-state index in [1.54, 1.807) is 24.3 Å². The molecule has 0 aliphatic rings. The van der Waals surface area contributed by atoms with Gasteiger partial charge >= 0.3 is 0 Å². The third kappa shape index (κ3) is 4.95. The van der Waals surface area contributed by atoms with Crippen LogP contribution in [0.2, 0.25) is 0 Å². The van der Waals surface area contributed by atoms with Crippen LogP contribution in [0.25, 0.3) is 11.4 Å². The monoisotopic (exact) mass is 381 g/mol. The van der Waals surface area contributed by atoms with Crippen molar-refractivity contribution >= 4 is 23.9 Å². The fourth-order valence-corrected chi connectivity index (χ4v) is 3.22. The highest BCUT2D eigenvalue weighted by molar-refractivity contribution is 7.99. The molecular weight excluding hydrogens is 362 g/mol. The molecule has 8 heteroatoms. The van der Waals surface area contributed by atoms with Crippen molar-refractivity contribution < 1.29 is 9.90 Å². The molecule has 0 atom stereocenters. The van der Waals surface area contributed by atoms with E-state index in [-0.39, 0.29) is 17.4 Å². The number of nitrogens with zero attached hydrogens (tertiary/aromatic N) is 4. The molecule has 138 valence electrons. The minimum absolute atomic E-state index is 0.147. The van der Waals surface area contributed by atoms with Crippen molar-refractivity contribution in [2.24, 2.45) is 5.10 Å². The maximum absolute atomic E-state index is 12.0. The number of carbonyl (C=O) groups is 1. The number of aromatic nitrogens is 3. The highest BCUT2D eigenvalue weighted by Crippen LogP contribution is 2.23. The number of amides is 1. The van der Waals surface area contributed by atoms with Crippen LogP contribution in [0.3, 0.4) is 0 Å². The first kappa shape index (κ1) is 18.7. The van der Waals surface area contributed by atoms with Crippen LogP contribution in [0, 0.1) is 0 Å². The van der Waals surface area contributed by atoms with Crippen LogP contribution in [-0.4, -0.2) is 37.7 Å². The lowest BCUT2D eigenvalue weighted by Gasteiger charge is -2.06. The number of phenolic OH excluding ortho intramolecular Hbond substituents is 1. The van der Waals surface area contributed by atoms with Crippen LogP contribution in [-0.2, 0) is 11.3 Å². The van der Waals surface area contributed by atoms with E-state index in [1.807, 2.05) is 41.8 Å². The molecule has 27 heavy (non-hydrogen) atoms. The van der Waals surface area contributed by atoms with Crippen molar-refractivity contribution in [3.05, 3.63) is 60.2 Å². The second-order valence-corrected chi connectivity index (χ2v) is 6.54. The molecule has 0 spiro atoms. The molecule has 0 saturated carbocycles. The largest absolute Gasteiger partial charge is 0.508 e. The summed E-state index contributed by atoms with van der Waals surface area (Å²) in [6.45, 7) is 2.72. The van der Waals surface area contributed by atoms with Gasteiger partial charge < -0.3 is 9.67 Å². The fraction of sp³-hybridized carbons (Fsp3) is 0.158. The summed E-state index contributed by atoms with van der Waals surface area (Å²) in [5.41, 5.74) is 4.15. The number of carbonyl (C=O) groups excluding carboxylic acids is 1. The second-order valence-electron chi connectivity index (χ2n) is 5.59. The molecular formula is C19H19N5O2S. The lowest BCUT2D eigenvalue weighted by molar-refractivity contribution is -0.118. The Labute approximate surface area is 161 Å². The molecule has 3 rings (SSSR count). The van der Waals surface area contributed by atoms with Crippen LogP contribution in [0.4, 0.5) is 0 Å². The van der Waals surface area contributed by atoms with Crippen LogP contribution < -0.4 is 5.43 Å². The van der Waals surface area contributed by atoms with Crippen LogP contribution in [0.5, 0.6) is 5.75 Å². The second kappa shape index (κ2) is 9.00. The van der Waals surface area contributed by atoms with Crippen LogP contribution >= 0.6 is 11.8 Å². The Morgan fingerprint density at radius 2 is 2.04 bits per heavy atom. The third-order valence-corrected chi connectivity index (χ3v) is 4.64. The number of phenols is 1. The zero-order valence-corrected chi connectivity index (χ0v) is 15.6. The number of aromatic hydroxyl groups is 1. The molecule has 0 aliphatic carbocycles. The molecule has 0 fully saturated rings. The van der Waals surface area contributed by atoms with Gasteiger partial charge in [-0.3, -0.25) is 4.79 Å². The molecule has 1 amide bonds. The van der Waals surface area contributed by atoms with Gasteiger partial charge in [-0.25, -0.2) is 5.43 Å². The van der Waals surface area contributed by atoms with E-state index in [4.69, 9.17) is 0 Å². The predicted molar refractivity (Wildman–Crippen MR) is 106 cm³/mol. The van der Waals surface area contributed by atoms with Gasteiger partial charge in [-0.2, -0.15) is 5.10 Å². The molecule has 0 unspecified atom stereocenters. The first-order valence-corrected chi connectivity index (χ1v) is 9.38. The van der Waals surface area contributed by atoms with E-state index in [0.717, 1.165) is 11.4 Å². The van der Waals surface area contributed by atoms with Crippen molar-refractivity contribution in [1.29, 1.82) is 0 Å². The quantitative estimate of drug-likeness (QED) is 0.373. The van der Waals surface area contributed by atoms with Crippen molar-refractivity contribution in [3.63, 3.8) is 0 Å². The number of nitrogens with one attached hydrogen (secondary N) is 1. The van der Waals surface area contributed by atoms with Gasteiger partial charge in [-0.1, -0.05) is 54.2 Å². The summed E-state index contributed by atoms with van der Waals surface area (Å²) >= 11 is 1.31. The average molecular weight is 381 g/mol. The SMILES string of the molecule is CCn1c(SCC(=O)N/N=C/c2cccc(O)c2)nnc1-c1ccccc1. The summed E-state index contributed by atoms with van der Waals surface area (Å²) in [5.74, 6) is 0.852. The number of hydrogen-bond donors (Lipinski definition) is 2. The number of hydrazone groups is 1. The summed E-state index contributed by atoms with van der Waals surface area (Å²) in [5, 5.41) is 22.4. The summed E-state index contributed by atoms with van der Waals surface area (Å²) < 4.78 is 1.98. The van der Waals surface area contributed by atoms with Crippen molar-refractivity contribution in [2.75, 3.05) is 5.75 Å². The molecule has 2 N–H and O–H groups in total. The molecule has 0 saturated heterocycles. The average Bonchev–Trinajstić information content (AvgIpc) is 3.10. The summed E-state index contributed by atoms with van der Waals surface area (Å²) in [6.07, 6.45) is 1.48. The number of rotatable bonds is 7. The van der Waals surface area contributed by atoms with E-state index in [9.17, 15) is 9.90 Å².